The molecule has 0 aliphatic rings. The molecule has 2 heterocycles. The van der Waals surface area contributed by atoms with Crippen molar-refractivity contribution in [3.05, 3.63) is 89.0 Å². The second kappa shape index (κ2) is 7.32. The summed E-state index contributed by atoms with van der Waals surface area (Å²) in [5.41, 5.74) is 1.43. The summed E-state index contributed by atoms with van der Waals surface area (Å²) in [5, 5.41) is 7.33. The maximum atomic E-state index is 14.1. The van der Waals surface area contributed by atoms with Crippen LogP contribution in [0.4, 0.5) is 10.1 Å². The fraction of sp³-hybridized carbons (Fsp3) is 0.0476. The van der Waals surface area contributed by atoms with Gasteiger partial charge in [0.1, 0.15) is 17.3 Å². The van der Waals surface area contributed by atoms with Gasteiger partial charge in [0.05, 0.1) is 16.9 Å². The summed E-state index contributed by atoms with van der Waals surface area (Å²) < 4.78 is 21.3. The Hall–Kier alpha value is -3.38. The Bertz CT molecular complexity index is 1150. The lowest BCUT2D eigenvalue weighted by molar-refractivity contribution is 0.102. The number of hydrogen-bond acceptors (Lipinski definition) is 3. The molecule has 0 spiro atoms. The van der Waals surface area contributed by atoms with Crippen molar-refractivity contribution in [2.75, 3.05) is 5.32 Å². The van der Waals surface area contributed by atoms with E-state index in [1.807, 2.05) is 30.3 Å². The molecule has 0 radical (unpaired) electrons. The molecule has 28 heavy (non-hydrogen) atoms. The maximum absolute atomic E-state index is 14.1. The molecule has 4 aromatic rings. The summed E-state index contributed by atoms with van der Waals surface area (Å²) in [4.78, 5) is 12.9. The van der Waals surface area contributed by atoms with Gasteiger partial charge in [0.2, 0.25) is 0 Å². The quantitative estimate of drug-likeness (QED) is 0.497. The van der Waals surface area contributed by atoms with Crippen molar-refractivity contribution in [3.63, 3.8) is 0 Å². The number of amides is 1. The van der Waals surface area contributed by atoms with Crippen molar-refractivity contribution in [2.45, 2.75) is 6.92 Å². The molecule has 2 aromatic carbocycles. The highest BCUT2D eigenvalue weighted by molar-refractivity contribution is 6.30. The monoisotopic (exact) mass is 395 g/mol. The van der Waals surface area contributed by atoms with Crippen molar-refractivity contribution < 1.29 is 13.6 Å². The number of aromatic nitrogens is 2. The van der Waals surface area contributed by atoms with E-state index < -0.39 is 11.7 Å². The highest BCUT2D eigenvalue weighted by Gasteiger charge is 2.22. The van der Waals surface area contributed by atoms with Gasteiger partial charge in [-0.3, -0.25) is 4.79 Å². The van der Waals surface area contributed by atoms with Gasteiger partial charge in [-0.1, -0.05) is 29.8 Å². The van der Waals surface area contributed by atoms with Crippen LogP contribution in [0.3, 0.4) is 0 Å². The van der Waals surface area contributed by atoms with Crippen LogP contribution in [-0.4, -0.2) is 15.7 Å². The van der Waals surface area contributed by atoms with Crippen LogP contribution >= 0.6 is 11.6 Å². The minimum Gasteiger partial charge on any atom is -0.460 e. The molecule has 0 atom stereocenters. The highest BCUT2D eigenvalue weighted by atomic mass is 35.5. The maximum Gasteiger partial charge on any atom is 0.259 e. The van der Waals surface area contributed by atoms with Crippen LogP contribution in [-0.2, 0) is 0 Å². The van der Waals surface area contributed by atoms with Crippen molar-refractivity contribution in [3.8, 4) is 17.1 Å². The van der Waals surface area contributed by atoms with Gasteiger partial charge in [-0.15, -0.1) is 0 Å². The van der Waals surface area contributed by atoms with E-state index in [0.717, 1.165) is 11.8 Å². The first kappa shape index (κ1) is 18.0. The molecule has 1 N–H and O–H groups in total. The van der Waals surface area contributed by atoms with Crippen LogP contribution in [0.2, 0.25) is 5.02 Å². The van der Waals surface area contributed by atoms with E-state index in [1.165, 1.54) is 12.1 Å². The fourth-order valence-electron chi connectivity index (χ4n) is 2.78. The summed E-state index contributed by atoms with van der Waals surface area (Å²) in [6.45, 7) is 1.81. The highest BCUT2D eigenvalue weighted by Crippen LogP contribution is 2.27. The first-order valence-corrected chi connectivity index (χ1v) is 8.87. The van der Waals surface area contributed by atoms with Crippen LogP contribution in [0.15, 0.2) is 71.3 Å². The molecule has 4 rings (SSSR count). The van der Waals surface area contributed by atoms with Gasteiger partial charge < -0.3 is 9.73 Å². The number of nitrogens with one attached hydrogen (secondary N) is 1. The molecule has 0 aliphatic carbocycles. The number of anilines is 1. The fourth-order valence-corrected chi connectivity index (χ4v) is 2.94. The number of furan rings is 1. The lowest BCUT2D eigenvalue weighted by Gasteiger charge is -2.06. The Labute approximate surface area is 165 Å². The van der Waals surface area contributed by atoms with Gasteiger partial charge in [-0.25, -0.2) is 9.07 Å². The molecule has 2 aromatic heterocycles. The third kappa shape index (κ3) is 3.54. The number of aryl methyl sites for hydroxylation is 1. The van der Waals surface area contributed by atoms with Crippen molar-refractivity contribution >= 4 is 23.2 Å². The zero-order valence-corrected chi connectivity index (χ0v) is 15.6. The third-order valence-corrected chi connectivity index (χ3v) is 4.37. The molecular weight excluding hydrogens is 381 g/mol. The molecular formula is C21H15ClFN3O2. The number of carbonyl (C=O) groups is 1. The van der Waals surface area contributed by atoms with E-state index >= 15 is 0 Å². The molecule has 0 unspecified atom stereocenters. The molecule has 140 valence electrons. The smallest absolute Gasteiger partial charge is 0.259 e. The Kier molecular flexibility index (Phi) is 4.71. The molecule has 0 aliphatic heterocycles. The van der Waals surface area contributed by atoms with Crippen LogP contribution in [0.25, 0.3) is 17.1 Å². The number of rotatable bonds is 4. The largest absolute Gasteiger partial charge is 0.460 e. The number of para-hydroxylation sites is 1. The van der Waals surface area contributed by atoms with Crippen molar-refractivity contribution in [1.29, 1.82) is 0 Å². The number of carbonyl (C=O) groups excluding carboxylic acids is 1. The number of nitrogens with zero attached hydrogens (tertiary/aromatic N) is 2. The lowest BCUT2D eigenvalue weighted by atomic mass is 10.2. The second-order valence-corrected chi connectivity index (χ2v) is 6.60. The zero-order valence-electron chi connectivity index (χ0n) is 14.8. The molecule has 7 heteroatoms. The van der Waals surface area contributed by atoms with E-state index in [4.69, 9.17) is 16.0 Å². The number of halogens is 2. The molecule has 0 bridgehead atoms. The minimum absolute atomic E-state index is 0.0310. The Morgan fingerprint density at radius 3 is 2.61 bits per heavy atom. The van der Waals surface area contributed by atoms with E-state index in [0.29, 0.717) is 17.2 Å². The summed E-state index contributed by atoms with van der Waals surface area (Å²) >= 11 is 5.77. The van der Waals surface area contributed by atoms with Gasteiger partial charge in [-0.2, -0.15) is 5.10 Å². The molecule has 0 fully saturated rings. The summed E-state index contributed by atoms with van der Waals surface area (Å²) in [7, 11) is 0. The topological polar surface area (TPSA) is 60.1 Å². The Morgan fingerprint density at radius 2 is 1.93 bits per heavy atom. The molecule has 5 nitrogen and oxygen atoms in total. The lowest BCUT2D eigenvalue weighted by Crippen LogP contribution is -2.13. The van der Waals surface area contributed by atoms with E-state index in [2.05, 4.69) is 10.4 Å². The van der Waals surface area contributed by atoms with Gasteiger partial charge in [0.15, 0.2) is 5.76 Å². The number of hydrogen-bond donors (Lipinski definition) is 1. The predicted octanol–water partition coefficient (Wildman–Crippen LogP) is 5.49. The van der Waals surface area contributed by atoms with Gasteiger partial charge in [0.25, 0.3) is 5.91 Å². The van der Waals surface area contributed by atoms with Gasteiger partial charge in [0, 0.05) is 11.2 Å². The van der Waals surface area contributed by atoms with E-state index in [1.54, 1.807) is 29.9 Å². The molecule has 0 saturated carbocycles. The van der Waals surface area contributed by atoms with Gasteiger partial charge >= 0.3 is 0 Å². The summed E-state index contributed by atoms with van der Waals surface area (Å²) in [6.07, 6.45) is 1.59. The predicted molar refractivity (Wildman–Crippen MR) is 105 cm³/mol. The number of benzene rings is 2. The summed E-state index contributed by atoms with van der Waals surface area (Å²) in [6, 6.07) is 17.0. The first-order valence-electron chi connectivity index (χ1n) is 8.49. The standard InChI is InChI=1S/C21H15ClFN3O2/c1-13-7-10-19(28-13)20-16(12-26(25-20)15-5-3-2-4-6-15)21(27)24-18-9-8-14(22)11-17(18)23/h2-12H,1H3,(H,24,27). The average molecular weight is 396 g/mol. The first-order chi connectivity index (χ1) is 13.5. The van der Waals surface area contributed by atoms with E-state index in [9.17, 15) is 9.18 Å². The zero-order chi connectivity index (χ0) is 19.7. The summed E-state index contributed by atoms with van der Waals surface area (Å²) in [5.74, 6) is 0.0208. The van der Waals surface area contributed by atoms with Crippen LogP contribution in [0.5, 0.6) is 0 Å². The van der Waals surface area contributed by atoms with Crippen LogP contribution < -0.4 is 5.32 Å². The normalized spacial score (nSPS) is 10.8. The van der Waals surface area contributed by atoms with Crippen molar-refractivity contribution in [1.82, 2.24) is 9.78 Å². The third-order valence-electron chi connectivity index (χ3n) is 4.13. The average Bonchev–Trinajstić information content (AvgIpc) is 3.31. The van der Waals surface area contributed by atoms with Crippen molar-refractivity contribution in [2.24, 2.45) is 0 Å². The van der Waals surface area contributed by atoms with Crippen LogP contribution in [0.1, 0.15) is 16.1 Å². The van der Waals surface area contributed by atoms with E-state index in [-0.39, 0.29) is 16.3 Å². The second-order valence-electron chi connectivity index (χ2n) is 6.16. The Morgan fingerprint density at radius 1 is 1.14 bits per heavy atom. The SMILES string of the molecule is Cc1ccc(-c2nn(-c3ccccc3)cc2C(=O)Nc2ccc(Cl)cc2F)o1. The molecule has 0 saturated heterocycles. The Balaban J connectivity index is 1.76. The minimum atomic E-state index is -0.619. The molecule has 1 amide bonds. The van der Waals surface area contributed by atoms with Crippen LogP contribution in [0, 0.1) is 12.7 Å². The van der Waals surface area contributed by atoms with Gasteiger partial charge in [-0.05, 0) is 49.4 Å².